The largest absolute Gasteiger partial charge is 0.369 e. The van der Waals surface area contributed by atoms with Gasteiger partial charge in [0.05, 0.1) is 0 Å². The molecular weight excluding hydrogens is 199 g/mol. The van der Waals surface area contributed by atoms with Crippen molar-refractivity contribution in [3.63, 3.8) is 0 Å². The summed E-state index contributed by atoms with van der Waals surface area (Å²) >= 11 is 0. The first-order chi connectivity index (χ1) is 4.93. The van der Waals surface area contributed by atoms with E-state index in [1.165, 1.54) is 6.33 Å². The van der Waals surface area contributed by atoms with Crippen LogP contribution in [0.2, 0.25) is 0 Å². The second-order valence-corrected chi connectivity index (χ2v) is 1.81. The Kier molecular flexibility index (Phi) is 9.92. The fourth-order valence-electron chi connectivity index (χ4n) is 0.596. The lowest BCUT2D eigenvalue weighted by Crippen LogP contribution is -2.13. The Morgan fingerprint density at radius 2 is 2.17 bits per heavy atom. The topological polar surface area (TPSA) is 63.8 Å². The third-order valence-electron chi connectivity index (χ3n) is 1.03. The van der Waals surface area contributed by atoms with Gasteiger partial charge in [-0.2, -0.15) is 0 Å². The van der Waals surface area contributed by atoms with Crippen molar-refractivity contribution in [1.29, 1.82) is 0 Å². The van der Waals surface area contributed by atoms with Crippen LogP contribution < -0.4 is 11.1 Å². The number of aromatic nitrogens is 2. The lowest BCUT2D eigenvalue weighted by Gasteiger charge is -2.00. The summed E-state index contributed by atoms with van der Waals surface area (Å²) in [5, 5.41) is 3.02. The summed E-state index contributed by atoms with van der Waals surface area (Å²) in [4.78, 5) is 7.71. The van der Waals surface area contributed by atoms with Gasteiger partial charge in [0.1, 0.15) is 12.1 Å². The summed E-state index contributed by atoms with van der Waals surface area (Å²) < 4.78 is 0. The molecule has 1 rings (SSSR count). The smallest absolute Gasteiger partial charge is 0.129 e. The molecule has 0 aliphatic rings. The van der Waals surface area contributed by atoms with E-state index in [4.69, 9.17) is 5.73 Å². The molecule has 0 bridgehead atoms. The lowest BCUT2D eigenvalue weighted by molar-refractivity contribution is 1.00. The molecule has 0 unspecified atom stereocenters. The minimum absolute atomic E-state index is 0. The SMILES string of the molecule is Cl.Cl.NCCNc1ccncn1. The molecule has 0 aliphatic heterocycles. The molecular formula is C6H12Cl2N4. The third kappa shape index (κ3) is 5.12. The number of nitrogens with two attached hydrogens (primary N) is 1. The predicted octanol–water partition coefficient (Wildman–Crippen LogP) is 0.691. The molecule has 0 fully saturated rings. The summed E-state index contributed by atoms with van der Waals surface area (Å²) in [5.41, 5.74) is 5.27. The Hall–Kier alpha value is -0.580. The average molecular weight is 211 g/mol. The van der Waals surface area contributed by atoms with Gasteiger partial charge >= 0.3 is 0 Å². The first kappa shape index (κ1) is 14.0. The van der Waals surface area contributed by atoms with E-state index in [0.717, 1.165) is 12.4 Å². The Morgan fingerprint density at radius 1 is 1.42 bits per heavy atom. The molecule has 12 heavy (non-hydrogen) atoms. The van der Waals surface area contributed by atoms with Crippen LogP contribution in [-0.4, -0.2) is 23.1 Å². The number of hydrogen-bond acceptors (Lipinski definition) is 4. The molecule has 0 saturated heterocycles. The molecule has 0 amide bonds. The maximum absolute atomic E-state index is 5.27. The highest BCUT2D eigenvalue weighted by Gasteiger charge is 1.86. The molecule has 4 nitrogen and oxygen atoms in total. The number of halogens is 2. The van der Waals surface area contributed by atoms with E-state index in [2.05, 4.69) is 15.3 Å². The van der Waals surface area contributed by atoms with Crippen LogP contribution in [0.1, 0.15) is 0 Å². The lowest BCUT2D eigenvalue weighted by atomic mass is 10.5. The van der Waals surface area contributed by atoms with Crippen LogP contribution in [-0.2, 0) is 0 Å². The Morgan fingerprint density at radius 3 is 2.67 bits per heavy atom. The minimum Gasteiger partial charge on any atom is -0.369 e. The van der Waals surface area contributed by atoms with Gasteiger partial charge in [0.2, 0.25) is 0 Å². The van der Waals surface area contributed by atoms with E-state index < -0.39 is 0 Å². The molecule has 0 saturated carbocycles. The minimum atomic E-state index is 0. The normalized spacial score (nSPS) is 7.75. The van der Waals surface area contributed by atoms with Gasteiger partial charge in [0.15, 0.2) is 0 Å². The second kappa shape index (κ2) is 8.52. The molecule has 70 valence electrons. The molecule has 3 N–H and O–H groups in total. The highest BCUT2D eigenvalue weighted by atomic mass is 35.5. The van der Waals surface area contributed by atoms with Gasteiger partial charge in [-0.05, 0) is 6.07 Å². The van der Waals surface area contributed by atoms with E-state index in [0.29, 0.717) is 6.54 Å². The summed E-state index contributed by atoms with van der Waals surface area (Å²) in [6.07, 6.45) is 3.19. The molecule has 0 aliphatic carbocycles. The molecule has 0 radical (unpaired) electrons. The zero-order valence-electron chi connectivity index (χ0n) is 6.43. The van der Waals surface area contributed by atoms with E-state index in [1.54, 1.807) is 12.3 Å². The van der Waals surface area contributed by atoms with E-state index in [1.807, 2.05) is 0 Å². The van der Waals surface area contributed by atoms with Crippen LogP contribution in [0.25, 0.3) is 0 Å². The number of nitrogens with one attached hydrogen (secondary N) is 1. The number of nitrogens with zero attached hydrogens (tertiary/aromatic N) is 2. The molecule has 1 heterocycles. The molecule has 6 heteroatoms. The Balaban J connectivity index is 0. The maximum Gasteiger partial charge on any atom is 0.129 e. The van der Waals surface area contributed by atoms with Gasteiger partial charge < -0.3 is 11.1 Å². The van der Waals surface area contributed by atoms with Crippen LogP contribution >= 0.6 is 24.8 Å². The van der Waals surface area contributed by atoms with Crippen molar-refractivity contribution in [2.75, 3.05) is 18.4 Å². The quantitative estimate of drug-likeness (QED) is 0.772. The predicted molar refractivity (Wildman–Crippen MR) is 54.1 cm³/mol. The van der Waals surface area contributed by atoms with Gasteiger partial charge in [-0.25, -0.2) is 9.97 Å². The van der Waals surface area contributed by atoms with Crippen molar-refractivity contribution in [1.82, 2.24) is 9.97 Å². The van der Waals surface area contributed by atoms with Gasteiger partial charge in [-0.15, -0.1) is 24.8 Å². The van der Waals surface area contributed by atoms with Crippen LogP contribution in [0, 0.1) is 0 Å². The Bertz CT molecular complexity index is 182. The van der Waals surface area contributed by atoms with Crippen molar-refractivity contribution in [2.24, 2.45) is 5.73 Å². The van der Waals surface area contributed by atoms with Gasteiger partial charge in [-0.3, -0.25) is 0 Å². The molecule has 0 spiro atoms. The first-order valence-corrected chi connectivity index (χ1v) is 3.13. The van der Waals surface area contributed by atoms with Crippen LogP contribution in [0.3, 0.4) is 0 Å². The maximum atomic E-state index is 5.27. The standard InChI is InChI=1S/C6H10N4.2ClH/c7-2-4-9-6-1-3-8-5-10-6;;/h1,3,5H,2,4,7H2,(H,8,9,10);2*1H. The van der Waals surface area contributed by atoms with E-state index >= 15 is 0 Å². The van der Waals surface area contributed by atoms with Crippen LogP contribution in [0.4, 0.5) is 5.82 Å². The zero-order valence-corrected chi connectivity index (χ0v) is 8.07. The fourth-order valence-corrected chi connectivity index (χ4v) is 0.596. The van der Waals surface area contributed by atoms with E-state index in [9.17, 15) is 0 Å². The monoisotopic (exact) mass is 210 g/mol. The van der Waals surface area contributed by atoms with Crippen molar-refractivity contribution in [3.8, 4) is 0 Å². The highest BCUT2D eigenvalue weighted by molar-refractivity contribution is 5.85. The zero-order chi connectivity index (χ0) is 7.23. The first-order valence-electron chi connectivity index (χ1n) is 3.13. The van der Waals surface area contributed by atoms with Gasteiger partial charge in [-0.1, -0.05) is 0 Å². The molecule has 1 aromatic heterocycles. The van der Waals surface area contributed by atoms with Crippen LogP contribution in [0.5, 0.6) is 0 Å². The molecule has 1 aromatic rings. The molecule has 0 aromatic carbocycles. The van der Waals surface area contributed by atoms with Gasteiger partial charge in [0.25, 0.3) is 0 Å². The highest BCUT2D eigenvalue weighted by Crippen LogP contribution is 1.95. The van der Waals surface area contributed by atoms with Crippen molar-refractivity contribution < 1.29 is 0 Å². The van der Waals surface area contributed by atoms with Crippen molar-refractivity contribution >= 4 is 30.6 Å². The van der Waals surface area contributed by atoms with Crippen molar-refractivity contribution in [3.05, 3.63) is 18.6 Å². The third-order valence-corrected chi connectivity index (χ3v) is 1.03. The summed E-state index contributed by atoms with van der Waals surface area (Å²) in [5.74, 6) is 0.820. The van der Waals surface area contributed by atoms with Crippen LogP contribution in [0.15, 0.2) is 18.6 Å². The summed E-state index contributed by atoms with van der Waals surface area (Å²) in [6, 6.07) is 1.80. The average Bonchev–Trinajstić information content (AvgIpc) is 2.03. The van der Waals surface area contributed by atoms with Gasteiger partial charge in [0, 0.05) is 19.3 Å². The van der Waals surface area contributed by atoms with Crippen molar-refractivity contribution in [2.45, 2.75) is 0 Å². The summed E-state index contributed by atoms with van der Waals surface area (Å²) in [7, 11) is 0. The van der Waals surface area contributed by atoms with E-state index in [-0.39, 0.29) is 24.8 Å². The number of hydrogen-bond donors (Lipinski definition) is 2. The Labute approximate surface area is 83.8 Å². The summed E-state index contributed by atoms with van der Waals surface area (Å²) in [6.45, 7) is 1.36. The molecule has 0 atom stereocenters. The number of anilines is 1. The fraction of sp³-hybridized carbons (Fsp3) is 0.333. The second-order valence-electron chi connectivity index (χ2n) is 1.81. The number of rotatable bonds is 3.